The van der Waals surface area contributed by atoms with E-state index in [2.05, 4.69) is 39.4 Å². The Kier molecular flexibility index (Phi) is 5.84. The Bertz CT molecular complexity index is 1180. The molecule has 0 N–H and O–H groups in total. The maximum Gasteiger partial charge on any atom is 0.411 e. The molecule has 0 radical (unpaired) electrons. The third kappa shape index (κ3) is 4.53. The predicted octanol–water partition coefficient (Wildman–Crippen LogP) is 5.70. The van der Waals surface area contributed by atoms with Gasteiger partial charge in [-0.1, -0.05) is 18.2 Å². The predicted molar refractivity (Wildman–Crippen MR) is 130 cm³/mol. The van der Waals surface area contributed by atoms with Crippen LogP contribution in [0.5, 0.6) is 0 Å². The summed E-state index contributed by atoms with van der Waals surface area (Å²) in [6.45, 7) is 6.37. The molecular formula is C26H30ClN5O2. The number of pyridine rings is 1. The van der Waals surface area contributed by atoms with Gasteiger partial charge in [-0.15, -0.1) is 21.8 Å². The molecule has 3 aromatic rings. The highest BCUT2D eigenvalue weighted by Crippen LogP contribution is 2.48. The van der Waals surface area contributed by atoms with E-state index in [1.165, 1.54) is 5.56 Å². The average molecular weight is 480 g/mol. The summed E-state index contributed by atoms with van der Waals surface area (Å²) < 4.78 is 7.61. The second kappa shape index (κ2) is 8.69. The summed E-state index contributed by atoms with van der Waals surface area (Å²) in [5, 5.41) is 8.32. The molecule has 0 saturated heterocycles. The summed E-state index contributed by atoms with van der Waals surface area (Å²) in [4.78, 5) is 18.5. The number of ether oxygens (including phenoxy) is 1. The van der Waals surface area contributed by atoms with Gasteiger partial charge in [-0.25, -0.2) is 4.79 Å². The van der Waals surface area contributed by atoms with E-state index >= 15 is 0 Å². The molecule has 3 heterocycles. The Morgan fingerprint density at radius 1 is 1.18 bits per heavy atom. The molecule has 0 bridgehead atoms. The third-order valence-corrected chi connectivity index (χ3v) is 7.35. The fourth-order valence-corrected chi connectivity index (χ4v) is 5.33. The summed E-state index contributed by atoms with van der Waals surface area (Å²) in [5.74, 6) is 1.19. The second-order valence-electron chi connectivity index (χ2n) is 10.3. The number of carbonyl (C=O) groups is 1. The third-order valence-electron chi connectivity index (χ3n) is 6.75. The van der Waals surface area contributed by atoms with Crippen LogP contribution in [0.25, 0.3) is 5.69 Å². The largest absolute Gasteiger partial charge is 0.444 e. The average Bonchev–Trinajstić information content (AvgIpc) is 3.20. The van der Waals surface area contributed by atoms with Crippen LogP contribution in [0.15, 0.2) is 49.1 Å². The standard InChI is InChI=1S/C26H30ClN5O2/c1-25(2,3)34-24(33)31-15-20-13-21(6-7-22(20)32-17-29-30-23(32)16-31)26(27)10-8-18(9-11-26)19-5-4-12-28-14-19/h4-7,12-14,17-18H,8-11,15-16H2,1-3H3. The van der Waals surface area contributed by atoms with Crippen LogP contribution >= 0.6 is 11.6 Å². The molecule has 1 saturated carbocycles. The van der Waals surface area contributed by atoms with Gasteiger partial charge in [-0.3, -0.25) is 14.5 Å². The molecule has 1 aromatic carbocycles. The highest BCUT2D eigenvalue weighted by atomic mass is 35.5. The number of benzene rings is 1. The van der Waals surface area contributed by atoms with Gasteiger partial charge >= 0.3 is 6.09 Å². The van der Waals surface area contributed by atoms with Crippen molar-refractivity contribution in [2.24, 2.45) is 0 Å². The summed E-state index contributed by atoms with van der Waals surface area (Å²) in [7, 11) is 0. The van der Waals surface area contributed by atoms with Gasteiger partial charge in [0.15, 0.2) is 5.82 Å². The van der Waals surface area contributed by atoms with E-state index in [-0.39, 0.29) is 6.09 Å². The Hall–Kier alpha value is -2.93. The van der Waals surface area contributed by atoms with Crippen molar-refractivity contribution in [3.63, 3.8) is 0 Å². The summed E-state index contributed by atoms with van der Waals surface area (Å²) >= 11 is 7.25. The van der Waals surface area contributed by atoms with Gasteiger partial charge < -0.3 is 4.74 Å². The molecule has 2 aromatic heterocycles. The van der Waals surface area contributed by atoms with E-state index in [1.807, 2.05) is 43.8 Å². The van der Waals surface area contributed by atoms with Gasteiger partial charge in [0.2, 0.25) is 0 Å². The van der Waals surface area contributed by atoms with Crippen molar-refractivity contribution in [2.75, 3.05) is 0 Å². The number of aromatic nitrogens is 4. The van der Waals surface area contributed by atoms with Crippen molar-refractivity contribution in [2.45, 2.75) is 75.9 Å². The molecular weight excluding hydrogens is 450 g/mol. The summed E-state index contributed by atoms with van der Waals surface area (Å²) in [6.07, 6.45) is 8.94. The quantitative estimate of drug-likeness (QED) is 0.440. The van der Waals surface area contributed by atoms with Crippen molar-refractivity contribution < 1.29 is 9.53 Å². The van der Waals surface area contributed by atoms with Crippen molar-refractivity contribution in [3.05, 3.63) is 71.6 Å². The van der Waals surface area contributed by atoms with E-state index in [9.17, 15) is 4.79 Å². The van der Waals surface area contributed by atoms with Gasteiger partial charge in [-0.2, -0.15) is 0 Å². The number of rotatable bonds is 2. The second-order valence-corrected chi connectivity index (χ2v) is 11.0. The lowest BCUT2D eigenvalue weighted by Gasteiger charge is -2.36. The highest BCUT2D eigenvalue weighted by molar-refractivity contribution is 6.24. The van der Waals surface area contributed by atoms with E-state index in [1.54, 1.807) is 11.2 Å². The normalized spacial score (nSPS) is 22.5. The summed E-state index contributed by atoms with van der Waals surface area (Å²) in [5.41, 5.74) is 3.79. The van der Waals surface area contributed by atoms with Crippen LogP contribution in [-0.2, 0) is 22.7 Å². The molecule has 2 aliphatic rings. The zero-order chi connectivity index (χ0) is 23.9. The van der Waals surface area contributed by atoms with E-state index in [0.717, 1.165) is 42.5 Å². The number of alkyl halides is 1. The van der Waals surface area contributed by atoms with Crippen LogP contribution in [0.3, 0.4) is 0 Å². The van der Waals surface area contributed by atoms with Crippen LogP contribution in [-0.4, -0.2) is 36.3 Å². The van der Waals surface area contributed by atoms with Gasteiger partial charge in [0.1, 0.15) is 11.9 Å². The molecule has 1 amide bonds. The molecule has 0 unspecified atom stereocenters. The van der Waals surface area contributed by atoms with Gasteiger partial charge in [0, 0.05) is 12.4 Å². The van der Waals surface area contributed by atoms with E-state index in [4.69, 9.17) is 16.3 Å². The molecule has 0 atom stereocenters. The Labute approximate surface area is 205 Å². The Morgan fingerprint density at radius 2 is 1.97 bits per heavy atom. The van der Waals surface area contributed by atoms with Crippen molar-refractivity contribution in [3.8, 4) is 5.69 Å². The van der Waals surface area contributed by atoms with Crippen molar-refractivity contribution >= 4 is 17.7 Å². The Morgan fingerprint density at radius 3 is 2.68 bits per heavy atom. The fraction of sp³-hybridized carbons (Fsp3) is 0.462. The molecule has 1 aliphatic carbocycles. The van der Waals surface area contributed by atoms with E-state index < -0.39 is 10.5 Å². The molecule has 34 heavy (non-hydrogen) atoms. The maximum absolute atomic E-state index is 12.9. The topological polar surface area (TPSA) is 73.1 Å². The molecule has 1 aliphatic heterocycles. The fourth-order valence-electron chi connectivity index (χ4n) is 5.00. The van der Waals surface area contributed by atoms with Gasteiger partial charge in [-0.05, 0) is 81.2 Å². The summed E-state index contributed by atoms with van der Waals surface area (Å²) in [6, 6.07) is 10.5. The number of hydrogen-bond acceptors (Lipinski definition) is 5. The number of fused-ring (bicyclic) bond motifs is 3. The molecule has 0 spiro atoms. The zero-order valence-electron chi connectivity index (χ0n) is 19.9. The minimum absolute atomic E-state index is 0.331. The first-order chi connectivity index (χ1) is 16.2. The first kappa shape index (κ1) is 22.8. The first-order valence-corrected chi connectivity index (χ1v) is 12.2. The van der Waals surface area contributed by atoms with Gasteiger partial charge in [0.25, 0.3) is 0 Å². The number of carbonyl (C=O) groups excluding carboxylic acids is 1. The molecule has 8 heteroatoms. The van der Waals surface area contributed by atoms with Crippen LogP contribution in [0.2, 0.25) is 0 Å². The van der Waals surface area contributed by atoms with Crippen LogP contribution in [0, 0.1) is 0 Å². The lowest BCUT2D eigenvalue weighted by Crippen LogP contribution is -2.36. The number of nitrogens with zero attached hydrogens (tertiary/aromatic N) is 5. The van der Waals surface area contributed by atoms with E-state index in [0.29, 0.717) is 24.8 Å². The SMILES string of the molecule is CC(C)(C)OC(=O)N1Cc2cc(C3(Cl)CCC(c4cccnc4)CC3)ccc2-n2cnnc2C1. The van der Waals surface area contributed by atoms with Crippen molar-refractivity contribution in [1.82, 2.24) is 24.6 Å². The van der Waals surface area contributed by atoms with Crippen molar-refractivity contribution in [1.29, 1.82) is 0 Å². The molecule has 5 rings (SSSR count). The van der Waals surface area contributed by atoms with Crippen LogP contribution < -0.4 is 0 Å². The molecule has 7 nitrogen and oxygen atoms in total. The zero-order valence-corrected chi connectivity index (χ0v) is 20.6. The minimum atomic E-state index is -0.575. The Balaban J connectivity index is 1.42. The minimum Gasteiger partial charge on any atom is -0.444 e. The van der Waals surface area contributed by atoms with Gasteiger partial charge in [0.05, 0.1) is 23.7 Å². The number of amides is 1. The lowest BCUT2D eigenvalue weighted by atomic mass is 9.75. The van der Waals surface area contributed by atoms with Crippen LogP contribution in [0.1, 0.15) is 74.9 Å². The smallest absolute Gasteiger partial charge is 0.411 e. The van der Waals surface area contributed by atoms with Crippen LogP contribution in [0.4, 0.5) is 4.79 Å². The maximum atomic E-state index is 12.9. The molecule has 178 valence electrons. The highest BCUT2D eigenvalue weighted by Gasteiger charge is 2.37. The molecule has 1 fully saturated rings. The number of hydrogen-bond donors (Lipinski definition) is 0. The first-order valence-electron chi connectivity index (χ1n) is 11.8. The lowest BCUT2D eigenvalue weighted by molar-refractivity contribution is 0.0214. The number of halogens is 1. The monoisotopic (exact) mass is 479 g/mol.